The normalized spacial score (nSPS) is 17.8. The van der Waals surface area contributed by atoms with Gasteiger partial charge in [-0.2, -0.15) is 0 Å². The molecule has 0 radical (unpaired) electrons. The third kappa shape index (κ3) is 5.53. The van der Waals surface area contributed by atoms with Gasteiger partial charge in [-0.05, 0) is 24.2 Å². The van der Waals surface area contributed by atoms with E-state index in [1.165, 1.54) is 6.42 Å². The van der Waals surface area contributed by atoms with Crippen LogP contribution in [0.5, 0.6) is 0 Å². The first-order valence-corrected chi connectivity index (χ1v) is 6.18. The third-order valence-corrected chi connectivity index (χ3v) is 3.67. The van der Waals surface area contributed by atoms with Gasteiger partial charge >= 0.3 is 0 Å². The van der Waals surface area contributed by atoms with Crippen molar-refractivity contribution in [1.82, 2.24) is 5.32 Å². The molecule has 15 heavy (non-hydrogen) atoms. The molecule has 0 spiro atoms. The Morgan fingerprint density at radius 2 is 1.87 bits per heavy atom. The van der Waals surface area contributed by atoms with Crippen LogP contribution < -0.4 is 5.32 Å². The maximum atomic E-state index is 5.16. The molecule has 0 aromatic carbocycles. The minimum absolute atomic E-state index is 0.392. The predicted octanol–water partition coefficient (Wildman–Crippen LogP) is 3.07. The summed E-state index contributed by atoms with van der Waals surface area (Å²) < 4.78 is 5.16. The number of rotatable bonds is 8. The Balaban J connectivity index is 4.14. The molecule has 0 aliphatic carbocycles. The van der Waals surface area contributed by atoms with Crippen LogP contribution in [0.3, 0.4) is 0 Å². The van der Waals surface area contributed by atoms with Gasteiger partial charge in [0.05, 0.1) is 0 Å². The Hall–Kier alpha value is -0.0800. The highest BCUT2D eigenvalue weighted by Gasteiger charge is 2.28. The van der Waals surface area contributed by atoms with Gasteiger partial charge in [0.25, 0.3) is 0 Å². The summed E-state index contributed by atoms with van der Waals surface area (Å²) in [4.78, 5) is 0. The molecule has 0 aromatic heterocycles. The van der Waals surface area contributed by atoms with E-state index in [1.807, 2.05) is 0 Å². The van der Waals surface area contributed by atoms with Crippen molar-refractivity contribution in [3.05, 3.63) is 0 Å². The molecule has 0 saturated carbocycles. The maximum Gasteiger partial charge on any atom is 0.0465 e. The summed E-state index contributed by atoms with van der Waals surface area (Å²) in [6.45, 7) is 13.4. The summed E-state index contributed by atoms with van der Waals surface area (Å²) in [5.41, 5.74) is 0.392. The van der Waals surface area contributed by atoms with Gasteiger partial charge in [-0.25, -0.2) is 0 Å². The van der Waals surface area contributed by atoms with Crippen molar-refractivity contribution in [3.63, 3.8) is 0 Å². The molecule has 0 bridgehead atoms. The zero-order chi connectivity index (χ0) is 11.9. The molecule has 0 rings (SSSR count). The Morgan fingerprint density at radius 1 is 1.27 bits per heavy atom. The number of ether oxygens (including phenoxy) is 1. The van der Waals surface area contributed by atoms with Gasteiger partial charge in [0, 0.05) is 26.3 Å². The molecule has 0 saturated heterocycles. The van der Waals surface area contributed by atoms with Crippen LogP contribution in [-0.4, -0.2) is 26.3 Å². The lowest BCUT2D eigenvalue weighted by Crippen LogP contribution is -2.39. The zero-order valence-electron chi connectivity index (χ0n) is 11.4. The van der Waals surface area contributed by atoms with Crippen LogP contribution in [0.15, 0.2) is 0 Å². The van der Waals surface area contributed by atoms with Crippen molar-refractivity contribution in [2.75, 3.05) is 20.3 Å². The van der Waals surface area contributed by atoms with E-state index < -0.39 is 0 Å². The van der Waals surface area contributed by atoms with Crippen LogP contribution in [0.25, 0.3) is 0 Å². The molecule has 0 aromatic rings. The lowest BCUT2D eigenvalue weighted by atomic mass is 9.74. The van der Waals surface area contributed by atoms with Gasteiger partial charge in [-0.15, -0.1) is 0 Å². The van der Waals surface area contributed by atoms with E-state index in [2.05, 4.69) is 39.9 Å². The first kappa shape index (κ1) is 14.9. The summed E-state index contributed by atoms with van der Waals surface area (Å²) in [5, 5.41) is 3.55. The van der Waals surface area contributed by atoms with Crippen LogP contribution in [0, 0.1) is 11.3 Å². The van der Waals surface area contributed by atoms with Gasteiger partial charge in [0.1, 0.15) is 0 Å². The smallest absolute Gasteiger partial charge is 0.0465 e. The zero-order valence-corrected chi connectivity index (χ0v) is 11.4. The van der Waals surface area contributed by atoms with E-state index in [4.69, 9.17) is 4.74 Å². The highest BCUT2D eigenvalue weighted by molar-refractivity contribution is 4.81. The Kier molecular flexibility index (Phi) is 7.20. The van der Waals surface area contributed by atoms with Gasteiger partial charge in [-0.1, -0.05) is 34.6 Å². The van der Waals surface area contributed by atoms with Crippen molar-refractivity contribution in [3.8, 4) is 0 Å². The predicted molar refractivity (Wildman–Crippen MR) is 67.2 cm³/mol. The maximum absolute atomic E-state index is 5.16. The molecule has 1 N–H and O–H groups in total. The second-order valence-corrected chi connectivity index (χ2v) is 5.23. The van der Waals surface area contributed by atoms with Crippen LogP contribution in [0.2, 0.25) is 0 Å². The van der Waals surface area contributed by atoms with Gasteiger partial charge < -0.3 is 10.1 Å². The summed E-state index contributed by atoms with van der Waals surface area (Å²) in [6, 6.07) is 0.575. The summed E-state index contributed by atoms with van der Waals surface area (Å²) in [6.07, 6.45) is 2.37. The van der Waals surface area contributed by atoms with Crippen molar-refractivity contribution in [1.29, 1.82) is 0 Å². The molecule has 0 aliphatic heterocycles. The van der Waals surface area contributed by atoms with Gasteiger partial charge in [0.15, 0.2) is 0 Å². The van der Waals surface area contributed by atoms with Crippen molar-refractivity contribution >= 4 is 0 Å². The van der Waals surface area contributed by atoms with E-state index in [9.17, 15) is 0 Å². The van der Waals surface area contributed by atoms with Gasteiger partial charge in [0.2, 0.25) is 0 Å². The van der Waals surface area contributed by atoms with Crippen molar-refractivity contribution in [2.45, 2.75) is 53.5 Å². The molecule has 2 nitrogen and oxygen atoms in total. The standard InChI is InChI=1S/C13H29NO/c1-7-13(5,10-14-11(2)3)12(4)8-9-15-6/h11-12,14H,7-10H2,1-6H3. The largest absolute Gasteiger partial charge is 0.385 e. The van der Waals surface area contributed by atoms with Crippen LogP contribution in [0.1, 0.15) is 47.5 Å². The van der Waals surface area contributed by atoms with Crippen molar-refractivity contribution < 1.29 is 4.74 Å². The number of hydrogen-bond acceptors (Lipinski definition) is 2. The number of hydrogen-bond donors (Lipinski definition) is 1. The SMILES string of the molecule is CCC(C)(CNC(C)C)C(C)CCOC. The van der Waals surface area contributed by atoms with Crippen LogP contribution in [0.4, 0.5) is 0 Å². The molecule has 0 amide bonds. The first-order chi connectivity index (χ1) is 6.96. The lowest BCUT2D eigenvalue weighted by molar-refractivity contribution is 0.118. The molecular formula is C13H29NO. The van der Waals surface area contributed by atoms with E-state index >= 15 is 0 Å². The van der Waals surface area contributed by atoms with E-state index in [1.54, 1.807) is 7.11 Å². The number of nitrogens with one attached hydrogen (secondary N) is 1. The summed E-state index contributed by atoms with van der Waals surface area (Å²) in [7, 11) is 1.78. The van der Waals surface area contributed by atoms with Crippen LogP contribution in [-0.2, 0) is 4.74 Å². The molecule has 0 fully saturated rings. The van der Waals surface area contributed by atoms with E-state index in [-0.39, 0.29) is 0 Å². The molecule has 2 atom stereocenters. The highest BCUT2D eigenvalue weighted by atomic mass is 16.5. The average Bonchev–Trinajstić information content (AvgIpc) is 2.22. The fraction of sp³-hybridized carbons (Fsp3) is 1.00. The Morgan fingerprint density at radius 3 is 2.27 bits per heavy atom. The van der Waals surface area contributed by atoms with E-state index in [0.717, 1.165) is 19.6 Å². The molecule has 0 aliphatic rings. The summed E-state index contributed by atoms with van der Waals surface area (Å²) >= 11 is 0. The Labute approximate surface area is 95.8 Å². The van der Waals surface area contributed by atoms with Crippen LogP contribution >= 0.6 is 0 Å². The molecular weight excluding hydrogens is 186 g/mol. The monoisotopic (exact) mass is 215 g/mol. The second kappa shape index (κ2) is 7.24. The van der Waals surface area contributed by atoms with Gasteiger partial charge in [-0.3, -0.25) is 0 Å². The molecule has 2 heteroatoms. The second-order valence-electron chi connectivity index (χ2n) is 5.23. The fourth-order valence-electron chi connectivity index (χ4n) is 1.73. The Bertz CT molecular complexity index is 159. The van der Waals surface area contributed by atoms with Crippen molar-refractivity contribution in [2.24, 2.45) is 11.3 Å². The quantitative estimate of drug-likeness (QED) is 0.672. The molecule has 2 unspecified atom stereocenters. The minimum Gasteiger partial charge on any atom is -0.385 e. The summed E-state index contributed by atoms with van der Waals surface area (Å²) in [5.74, 6) is 0.702. The minimum atomic E-state index is 0.392. The lowest BCUT2D eigenvalue weighted by Gasteiger charge is -2.36. The van der Waals surface area contributed by atoms with E-state index in [0.29, 0.717) is 17.4 Å². The highest BCUT2D eigenvalue weighted by Crippen LogP contribution is 2.32. The molecule has 92 valence electrons. The average molecular weight is 215 g/mol. The first-order valence-electron chi connectivity index (χ1n) is 6.18. The number of methoxy groups -OCH3 is 1. The molecule has 0 heterocycles. The topological polar surface area (TPSA) is 21.3 Å². The third-order valence-electron chi connectivity index (χ3n) is 3.67. The fourth-order valence-corrected chi connectivity index (χ4v) is 1.73.